The molecule has 3 N–H and O–H groups in total. The van der Waals surface area contributed by atoms with Crippen molar-refractivity contribution >= 4 is 0 Å². The molecular weight excluding hydrogens is 194 g/mol. The average molecular weight is 209 g/mol. The van der Waals surface area contributed by atoms with Crippen LogP contribution < -0.4 is 17.0 Å². The summed E-state index contributed by atoms with van der Waals surface area (Å²) in [5.74, 6) is 0. The second-order valence-corrected chi connectivity index (χ2v) is 4.10. The van der Waals surface area contributed by atoms with Crippen molar-refractivity contribution in [3.63, 3.8) is 0 Å². The van der Waals surface area contributed by atoms with Gasteiger partial charge < -0.3 is 5.73 Å². The number of hydrogen-bond acceptors (Lipinski definition) is 3. The van der Waals surface area contributed by atoms with E-state index in [1.807, 2.05) is 0 Å². The van der Waals surface area contributed by atoms with E-state index >= 15 is 0 Å². The van der Waals surface area contributed by atoms with Crippen LogP contribution in [-0.4, -0.2) is 15.6 Å². The SMILES string of the molecule is NC1CCCC(n2ccc(=O)[nH]c2=O)C1. The summed E-state index contributed by atoms with van der Waals surface area (Å²) in [6, 6.07) is 1.68. The molecule has 5 nitrogen and oxygen atoms in total. The quantitative estimate of drug-likeness (QED) is 0.682. The van der Waals surface area contributed by atoms with Crippen LogP contribution in [-0.2, 0) is 0 Å². The van der Waals surface area contributed by atoms with Crippen LogP contribution in [0.25, 0.3) is 0 Å². The fourth-order valence-electron chi connectivity index (χ4n) is 2.17. The van der Waals surface area contributed by atoms with E-state index in [1.54, 1.807) is 10.8 Å². The van der Waals surface area contributed by atoms with Gasteiger partial charge in [0.25, 0.3) is 5.56 Å². The molecule has 0 saturated heterocycles. The molecule has 1 aromatic heterocycles. The van der Waals surface area contributed by atoms with Crippen molar-refractivity contribution in [2.24, 2.45) is 5.73 Å². The summed E-state index contributed by atoms with van der Waals surface area (Å²) >= 11 is 0. The molecular formula is C10H15N3O2. The molecule has 0 aliphatic heterocycles. The summed E-state index contributed by atoms with van der Waals surface area (Å²) in [6.07, 6.45) is 5.39. The first-order valence-corrected chi connectivity index (χ1v) is 5.24. The number of rotatable bonds is 1. The van der Waals surface area contributed by atoms with E-state index in [2.05, 4.69) is 4.98 Å². The maximum Gasteiger partial charge on any atom is 0.328 e. The second kappa shape index (κ2) is 4.02. The molecule has 0 amide bonds. The molecule has 1 aromatic rings. The monoisotopic (exact) mass is 209 g/mol. The Balaban J connectivity index is 2.29. The van der Waals surface area contributed by atoms with Gasteiger partial charge in [0.2, 0.25) is 0 Å². The normalized spacial score (nSPS) is 26.5. The molecule has 1 heterocycles. The van der Waals surface area contributed by atoms with Crippen LogP contribution in [0.15, 0.2) is 21.9 Å². The van der Waals surface area contributed by atoms with Crippen molar-refractivity contribution in [1.82, 2.24) is 9.55 Å². The van der Waals surface area contributed by atoms with Crippen LogP contribution >= 0.6 is 0 Å². The summed E-state index contributed by atoms with van der Waals surface area (Å²) in [5, 5.41) is 0. The zero-order chi connectivity index (χ0) is 10.8. The number of hydrogen-bond donors (Lipinski definition) is 2. The van der Waals surface area contributed by atoms with E-state index < -0.39 is 0 Å². The summed E-state index contributed by atoms with van der Waals surface area (Å²) in [6.45, 7) is 0. The van der Waals surface area contributed by atoms with Gasteiger partial charge in [0.1, 0.15) is 0 Å². The Kier molecular flexibility index (Phi) is 2.73. The number of nitrogens with two attached hydrogens (primary N) is 1. The topological polar surface area (TPSA) is 80.9 Å². The van der Waals surface area contributed by atoms with Crippen molar-refractivity contribution in [3.05, 3.63) is 33.1 Å². The molecule has 2 rings (SSSR count). The van der Waals surface area contributed by atoms with Crippen LogP contribution in [0.3, 0.4) is 0 Å². The largest absolute Gasteiger partial charge is 0.328 e. The fourth-order valence-corrected chi connectivity index (χ4v) is 2.17. The van der Waals surface area contributed by atoms with Gasteiger partial charge >= 0.3 is 5.69 Å². The van der Waals surface area contributed by atoms with E-state index in [0.717, 1.165) is 25.7 Å². The first-order valence-electron chi connectivity index (χ1n) is 5.24. The molecule has 15 heavy (non-hydrogen) atoms. The van der Waals surface area contributed by atoms with Crippen molar-refractivity contribution in [1.29, 1.82) is 0 Å². The first-order chi connectivity index (χ1) is 7.16. The van der Waals surface area contributed by atoms with Gasteiger partial charge in [-0.1, -0.05) is 0 Å². The molecule has 2 atom stereocenters. The highest BCUT2D eigenvalue weighted by atomic mass is 16.2. The standard InChI is InChI=1S/C10H15N3O2/c11-7-2-1-3-8(6-7)13-5-4-9(14)12-10(13)15/h4-5,7-8H,1-3,6,11H2,(H,12,14,15). The summed E-state index contributed by atoms with van der Waals surface area (Å²) < 4.78 is 1.58. The van der Waals surface area contributed by atoms with E-state index in [-0.39, 0.29) is 23.3 Å². The maximum atomic E-state index is 11.5. The minimum atomic E-state index is -0.351. The molecule has 2 unspecified atom stereocenters. The molecule has 1 aliphatic rings. The van der Waals surface area contributed by atoms with E-state index in [9.17, 15) is 9.59 Å². The van der Waals surface area contributed by atoms with Gasteiger partial charge in [-0.05, 0) is 25.7 Å². The molecule has 0 spiro atoms. The van der Waals surface area contributed by atoms with Crippen LogP contribution in [0.2, 0.25) is 0 Å². The molecule has 0 radical (unpaired) electrons. The first kappa shape index (κ1) is 10.2. The lowest BCUT2D eigenvalue weighted by molar-refractivity contribution is 0.311. The zero-order valence-corrected chi connectivity index (χ0v) is 8.48. The number of aromatic nitrogens is 2. The summed E-state index contributed by atoms with van der Waals surface area (Å²) in [5.41, 5.74) is 5.17. The second-order valence-electron chi connectivity index (χ2n) is 4.10. The minimum Gasteiger partial charge on any atom is -0.328 e. The number of aromatic amines is 1. The molecule has 0 bridgehead atoms. The average Bonchev–Trinajstić information content (AvgIpc) is 2.17. The molecule has 1 saturated carbocycles. The predicted molar refractivity (Wildman–Crippen MR) is 56.8 cm³/mol. The number of nitrogens with zero attached hydrogens (tertiary/aromatic N) is 1. The van der Waals surface area contributed by atoms with E-state index in [0.29, 0.717) is 0 Å². The summed E-state index contributed by atoms with van der Waals surface area (Å²) in [7, 11) is 0. The fraction of sp³-hybridized carbons (Fsp3) is 0.600. The third-order valence-corrected chi connectivity index (χ3v) is 2.93. The van der Waals surface area contributed by atoms with Gasteiger partial charge in [-0.2, -0.15) is 0 Å². The minimum absolute atomic E-state index is 0.137. The predicted octanol–water partition coefficient (Wildman–Crippen LogP) is -0.0210. The Morgan fingerprint density at radius 2 is 2.20 bits per heavy atom. The van der Waals surface area contributed by atoms with Crippen molar-refractivity contribution in [2.45, 2.75) is 37.8 Å². The Morgan fingerprint density at radius 3 is 2.87 bits per heavy atom. The van der Waals surface area contributed by atoms with E-state index in [1.165, 1.54) is 6.07 Å². The van der Waals surface area contributed by atoms with Gasteiger partial charge in [-0.3, -0.25) is 14.3 Å². The van der Waals surface area contributed by atoms with Crippen LogP contribution in [0, 0.1) is 0 Å². The Hall–Kier alpha value is -1.36. The van der Waals surface area contributed by atoms with Crippen LogP contribution in [0.4, 0.5) is 0 Å². The van der Waals surface area contributed by atoms with Gasteiger partial charge in [-0.15, -0.1) is 0 Å². The number of H-pyrrole nitrogens is 1. The van der Waals surface area contributed by atoms with Gasteiger partial charge in [0.15, 0.2) is 0 Å². The Morgan fingerprint density at radius 1 is 1.40 bits per heavy atom. The molecule has 1 fully saturated rings. The summed E-state index contributed by atoms with van der Waals surface area (Å²) in [4.78, 5) is 24.7. The van der Waals surface area contributed by atoms with Crippen molar-refractivity contribution in [2.75, 3.05) is 0 Å². The molecule has 82 valence electrons. The lowest BCUT2D eigenvalue weighted by atomic mass is 9.91. The molecule has 5 heteroatoms. The van der Waals surface area contributed by atoms with Crippen molar-refractivity contribution in [3.8, 4) is 0 Å². The lowest BCUT2D eigenvalue weighted by Gasteiger charge is -2.27. The highest BCUT2D eigenvalue weighted by molar-refractivity contribution is 4.88. The van der Waals surface area contributed by atoms with Crippen molar-refractivity contribution < 1.29 is 0 Å². The maximum absolute atomic E-state index is 11.5. The zero-order valence-electron chi connectivity index (χ0n) is 8.48. The lowest BCUT2D eigenvalue weighted by Crippen LogP contribution is -2.36. The highest BCUT2D eigenvalue weighted by Gasteiger charge is 2.21. The van der Waals surface area contributed by atoms with Gasteiger partial charge in [-0.25, -0.2) is 4.79 Å². The molecule has 1 aliphatic carbocycles. The highest BCUT2D eigenvalue weighted by Crippen LogP contribution is 2.25. The third-order valence-electron chi connectivity index (χ3n) is 2.93. The smallest absolute Gasteiger partial charge is 0.328 e. The van der Waals surface area contributed by atoms with Crippen LogP contribution in [0.1, 0.15) is 31.7 Å². The third kappa shape index (κ3) is 2.18. The molecule has 0 aromatic carbocycles. The Bertz CT molecular complexity index is 448. The van der Waals surface area contributed by atoms with Gasteiger partial charge in [0.05, 0.1) is 0 Å². The van der Waals surface area contributed by atoms with E-state index in [4.69, 9.17) is 5.73 Å². The Labute approximate surface area is 86.9 Å². The van der Waals surface area contributed by atoms with Crippen LogP contribution in [0.5, 0.6) is 0 Å². The number of nitrogens with one attached hydrogen (secondary N) is 1. The van der Waals surface area contributed by atoms with Gasteiger partial charge in [0, 0.05) is 24.3 Å².